The molecule has 0 heterocycles. The fourth-order valence-electron chi connectivity index (χ4n) is 1.64. The van der Waals surface area contributed by atoms with Gasteiger partial charge in [0.05, 0.1) is 4.90 Å². The topological polar surface area (TPSA) is 58.2 Å². The van der Waals surface area contributed by atoms with Gasteiger partial charge in [0.25, 0.3) is 0 Å². The van der Waals surface area contributed by atoms with Gasteiger partial charge in [0.15, 0.2) is 0 Å². The van der Waals surface area contributed by atoms with E-state index in [9.17, 15) is 8.42 Å². The molecule has 1 unspecified atom stereocenters. The van der Waals surface area contributed by atoms with Crippen LogP contribution in [0.2, 0.25) is 0 Å². The maximum Gasteiger partial charge on any atom is 0.240 e. The van der Waals surface area contributed by atoms with Crippen molar-refractivity contribution < 1.29 is 8.42 Å². The fraction of sp³-hybridized carbons (Fsp3) is 0.429. The summed E-state index contributed by atoms with van der Waals surface area (Å²) in [6.45, 7) is 8.12. The molecule has 0 fully saturated rings. The molecule has 0 amide bonds. The highest BCUT2D eigenvalue weighted by molar-refractivity contribution is 7.89. The summed E-state index contributed by atoms with van der Waals surface area (Å²) >= 11 is 0. The van der Waals surface area contributed by atoms with Gasteiger partial charge in [0.1, 0.15) is 0 Å². The van der Waals surface area contributed by atoms with E-state index in [2.05, 4.69) is 23.5 Å². The van der Waals surface area contributed by atoms with Crippen molar-refractivity contribution in [3.8, 4) is 0 Å². The van der Waals surface area contributed by atoms with Crippen molar-refractivity contribution in [2.24, 2.45) is 0 Å². The van der Waals surface area contributed by atoms with Gasteiger partial charge in [0, 0.05) is 18.3 Å². The Morgan fingerprint density at radius 1 is 1.32 bits per heavy atom. The molecule has 0 saturated carbocycles. The maximum atomic E-state index is 11.9. The molecule has 0 spiro atoms. The minimum atomic E-state index is -3.37. The van der Waals surface area contributed by atoms with E-state index in [1.54, 1.807) is 24.3 Å². The average Bonchev–Trinajstić information content (AvgIpc) is 2.37. The molecule has 0 aromatic heterocycles. The Hall–Kier alpha value is -1.33. The Labute approximate surface area is 116 Å². The quantitative estimate of drug-likeness (QED) is 0.721. The highest BCUT2D eigenvalue weighted by Crippen LogP contribution is 2.15. The second-order valence-electron chi connectivity index (χ2n) is 4.49. The van der Waals surface area contributed by atoms with Gasteiger partial charge in [-0.15, -0.1) is 6.58 Å². The van der Waals surface area contributed by atoms with Crippen LogP contribution >= 0.6 is 0 Å². The summed E-state index contributed by atoms with van der Waals surface area (Å²) in [7, 11) is -3.37. The first-order valence-electron chi connectivity index (χ1n) is 6.46. The fourth-order valence-corrected chi connectivity index (χ4v) is 2.78. The third kappa shape index (κ3) is 5.04. The number of sulfonamides is 1. The van der Waals surface area contributed by atoms with Crippen LogP contribution in [-0.2, 0) is 10.0 Å². The van der Waals surface area contributed by atoms with E-state index in [1.165, 1.54) is 0 Å². The van der Waals surface area contributed by atoms with Gasteiger partial charge in [-0.05, 0) is 44.0 Å². The predicted octanol–water partition coefficient (Wildman–Crippen LogP) is 2.75. The third-order valence-corrected chi connectivity index (χ3v) is 4.12. The van der Waals surface area contributed by atoms with E-state index in [-0.39, 0.29) is 6.04 Å². The van der Waals surface area contributed by atoms with Crippen LogP contribution in [0, 0.1) is 0 Å². The number of hydrogen-bond donors (Lipinski definition) is 2. The Bertz CT molecular complexity index is 495. The van der Waals surface area contributed by atoms with Gasteiger partial charge in [-0.2, -0.15) is 0 Å². The number of anilines is 1. The van der Waals surface area contributed by atoms with Gasteiger partial charge >= 0.3 is 0 Å². The Morgan fingerprint density at radius 2 is 1.95 bits per heavy atom. The van der Waals surface area contributed by atoms with E-state index < -0.39 is 10.0 Å². The number of rotatable bonds is 8. The van der Waals surface area contributed by atoms with Crippen molar-refractivity contribution in [2.45, 2.75) is 37.6 Å². The summed E-state index contributed by atoms with van der Waals surface area (Å²) in [6, 6.07) is 7.06. The Morgan fingerprint density at radius 3 is 2.47 bits per heavy atom. The highest BCUT2D eigenvalue weighted by atomic mass is 32.2. The van der Waals surface area contributed by atoms with Gasteiger partial charge < -0.3 is 5.32 Å². The van der Waals surface area contributed by atoms with Gasteiger partial charge in [-0.25, -0.2) is 13.1 Å². The molecule has 1 aromatic carbocycles. The first kappa shape index (κ1) is 15.7. The zero-order chi connectivity index (χ0) is 14.3. The maximum absolute atomic E-state index is 11.9. The molecule has 19 heavy (non-hydrogen) atoms. The van der Waals surface area contributed by atoms with Crippen LogP contribution in [0.4, 0.5) is 5.69 Å². The molecule has 0 aliphatic heterocycles. The van der Waals surface area contributed by atoms with E-state index in [4.69, 9.17) is 0 Å². The van der Waals surface area contributed by atoms with E-state index in [1.807, 2.05) is 13.0 Å². The third-order valence-electron chi connectivity index (χ3n) is 2.64. The first-order valence-corrected chi connectivity index (χ1v) is 7.95. The van der Waals surface area contributed by atoms with Gasteiger partial charge in [-0.3, -0.25) is 0 Å². The van der Waals surface area contributed by atoms with Crippen molar-refractivity contribution in [3.63, 3.8) is 0 Å². The highest BCUT2D eigenvalue weighted by Gasteiger charge is 2.12. The monoisotopic (exact) mass is 282 g/mol. The van der Waals surface area contributed by atoms with Gasteiger partial charge in [-0.1, -0.05) is 13.0 Å². The molecule has 1 rings (SSSR count). The van der Waals surface area contributed by atoms with Crippen molar-refractivity contribution in [1.82, 2.24) is 4.72 Å². The average molecular weight is 282 g/mol. The molecule has 0 aliphatic carbocycles. The zero-order valence-corrected chi connectivity index (χ0v) is 12.3. The van der Waals surface area contributed by atoms with Crippen LogP contribution in [0.25, 0.3) is 0 Å². The van der Waals surface area contributed by atoms with Crippen molar-refractivity contribution >= 4 is 15.7 Å². The van der Waals surface area contributed by atoms with Crippen molar-refractivity contribution in [2.75, 3.05) is 11.9 Å². The van der Waals surface area contributed by atoms with Crippen LogP contribution in [0.1, 0.15) is 26.7 Å². The van der Waals surface area contributed by atoms with Crippen LogP contribution in [0.3, 0.4) is 0 Å². The molecule has 5 heteroatoms. The minimum absolute atomic E-state index is 0.276. The van der Waals surface area contributed by atoms with E-state index in [0.717, 1.165) is 18.5 Å². The van der Waals surface area contributed by atoms with Crippen LogP contribution in [-0.4, -0.2) is 21.0 Å². The van der Waals surface area contributed by atoms with E-state index >= 15 is 0 Å². The number of benzene rings is 1. The summed E-state index contributed by atoms with van der Waals surface area (Å²) in [6.07, 6.45) is 3.49. The van der Waals surface area contributed by atoms with E-state index in [0.29, 0.717) is 11.4 Å². The normalized spacial score (nSPS) is 12.9. The number of hydrogen-bond acceptors (Lipinski definition) is 3. The van der Waals surface area contributed by atoms with Crippen molar-refractivity contribution in [3.05, 3.63) is 36.9 Å². The molecular weight excluding hydrogens is 260 g/mol. The molecule has 2 N–H and O–H groups in total. The van der Waals surface area contributed by atoms with Crippen LogP contribution in [0.15, 0.2) is 41.8 Å². The van der Waals surface area contributed by atoms with Gasteiger partial charge in [0.2, 0.25) is 10.0 Å². The van der Waals surface area contributed by atoms with Crippen molar-refractivity contribution in [1.29, 1.82) is 0 Å². The lowest BCUT2D eigenvalue weighted by molar-refractivity contribution is 0.581. The largest absolute Gasteiger partial charge is 0.382 e. The first-order chi connectivity index (χ1) is 8.99. The molecule has 1 atom stereocenters. The summed E-state index contributed by atoms with van der Waals surface area (Å²) in [5.41, 5.74) is 0.906. The van der Waals surface area contributed by atoms with Crippen LogP contribution in [0.5, 0.6) is 0 Å². The predicted molar refractivity (Wildman–Crippen MR) is 79.8 cm³/mol. The standard InChI is InChI=1S/C14H22N2O2S/c1-4-6-12(3)16-13-7-9-14(10-8-13)19(17,18)15-11-5-2/h4,7-10,12,15-16H,1,5-6,11H2,2-3H3. The lowest BCUT2D eigenvalue weighted by Gasteiger charge is -2.13. The number of nitrogens with one attached hydrogen (secondary N) is 2. The second-order valence-corrected chi connectivity index (χ2v) is 6.26. The minimum Gasteiger partial charge on any atom is -0.382 e. The molecule has 0 radical (unpaired) electrons. The summed E-state index contributed by atoms with van der Waals surface area (Å²) in [5, 5.41) is 3.28. The molecule has 0 aliphatic rings. The summed E-state index contributed by atoms with van der Waals surface area (Å²) < 4.78 is 26.3. The molecule has 106 valence electrons. The van der Waals surface area contributed by atoms with Crippen LogP contribution < -0.4 is 10.0 Å². The summed E-state index contributed by atoms with van der Waals surface area (Å²) in [5.74, 6) is 0. The molecule has 0 bridgehead atoms. The smallest absolute Gasteiger partial charge is 0.240 e. The molecular formula is C14H22N2O2S. The molecule has 1 aromatic rings. The summed E-state index contributed by atoms with van der Waals surface area (Å²) in [4.78, 5) is 0.294. The Kier molecular flexibility index (Phi) is 6.05. The lowest BCUT2D eigenvalue weighted by atomic mass is 10.2. The zero-order valence-electron chi connectivity index (χ0n) is 11.5. The molecule has 4 nitrogen and oxygen atoms in total. The SMILES string of the molecule is C=CCC(C)Nc1ccc(S(=O)(=O)NCCC)cc1. The molecule has 0 saturated heterocycles. The second kappa shape index (κ2) is 7.31. The Balaban J connectivity index is 2.73. The lowest BCUT2D eigenvalue weighted by Crippen LogP contribution is -2.24.